The number of hydrogen-bond donors (Lipinski definition) is 3. The fourth-order valence-corrected chi connectivity index (χ4v) is 2.27. The molecule has 0 spiro atoms. The highest BCUT2D eigenvalue weighted by Crippen LogP contribution is 2.19. The van der Waals surface area contributed by atoms with Gasteiger partial charge in [-0.3, -0.25) is 10.00 Å². The maximum absolute atomic E-state index is 13.0. The molecular weight excluding hydrogens is 323 g/mol. The molecule has 0 fully saturated rings. The van der Waals surface area contributed by atoms with Gasteiger partial charge in [-0.15, -0.1) is 0 Å². The van der Waals surface area contributed by atoms with E-state index in [0.717, 1.165) is 13.0 Å². The second-order valence-electron chi connectivity index (χ2n) is 6.73. The molecule has 7 heteroatoms. The maximum Gasteiger partial charge on any atom is 0.320 e. The molecule has 136 valence electrons. The van der Waals surface area contributed by atoms with Crippen LogP contribution < -0.4 is 10.6 Å². The molecule has 0 saturated carbocycles. The van der Waals surface area contributed by atoms with E-state index in [1.165, 1.54) is 24.3 Å². The van der Waals surface area contributed by atoms with Gasteiger partial charge in [-0.2, -0.15) is 5.10 Å². The van der Waals surface area contributed by atoms with E-state index in [1.807, 2.05) is 6.20 Å². The van der Waals surface area contributed by atoms with E-state index < -0.39 is 11.6 Å². The number of urea groups is 1. The summed E-state index contributed by atoms with van der Waals surface area (Å²) in [6.07, 6.45) is 2.82. The number of halogens is 1. The summed E-state index contributed by atoms with van der Waals surface area (Å²) in [7, 11) is 0. The Kier molecular flexibility index (Phi) is 6.14. The number of hydrogen-bond acceptors (Lipinski definition) is 3. The number of amides is 2. The number of aliphatic hydroxyl groups is 1. The Morgan fingerprint density at radius 1 is 1.32 bits per heavy atom. The molecule has 0 aliphatic carbocycles. The van der Waals surface area contributed by atoms with E-state index in [4.69, 9.17) is 0 Å². The van der Waals surface area contributed by atoms with Gasteiger partial charge in [-0.05, 0) is 37.0 Å². The molecular formula is C18H25FN4O2. The van der Waals surface area contributed by atoms with Crippen LogP contribution in [0.5, 0.6) is 0 Å². The van der Waals surface area contributed by atoms with Crippen molar-refractivity contribution in [3.05, 3.63) is 47.9 Å². The van der Waals surface area contributed by atoms with E-state index in [1.54, 1.807) is 17.7 Å². The Morgan fingerprint density at radius 2 is 2.00 bits per heavy atom. The predicted molar refractivity (Wildman–Crippen MR) is 94.7 cm³/mol. The summed E-state index contributed by atoms with van der Waals surface area (Å²) in [5.41, 5.74) is -0.783. The van der Waals surface area contributed by atoms with E-state index >= 15 is 0 Å². The predicted octanol–water partition coefficient (Wildman–Crippen LogP) is 3.10. The summed E-state index contributed by atoms with van der Waals surface area (Å²) in [6.45, 7) is 6.62. The zero-order chi connectivity index (χ0) is 18.4. The zero-order valence-corrected chi connectivity index (χ0v) is 14.8. The summed E-state index contributed by atoms with van der Waals surface area (Å²) in [5.74, 6) is 0.651. The molecule has 25 heavy (non-hydrogen) atoms. The first kappa shape index (κ1) is 18.9. The van der Waals surface area contributed by atoms with Crippen molar-refractivity contribution in [1.82, 2.24) is 15.1 Å². The smallest absolute Gasteiger partial charge is 0.320 e. The number of carbonyl (C=O) groups is 1. The third-order valence-corrected chi connectivity index (χ3v) is 3.88. The highest BCUT2D eigenvalue weighted by atomic mass is 19.1. The quantitative estimate of drug-likeness (QED) is 0.719. The highest BCUT2D eigenvalue weighted by molar-refractivity contribution is 5.88. The van der Waals surface area contributed by atoms with Gasteiger partial charge in [0, 0.05) is 18.8 Å². The molecule has 1 atom stereocenters. The van der Waals surface area contributed by atoms with Crippen molar-refractivity contribution in [1.29, 1.82) is 0 Å². The number of aromatic nitrogens is 2. The Bertz CT molecular complexity index is 695. The molecule has 0 saturated heterocycles. The summed E-state index contributed by atoms with van der Waals surface area (Å²) in [4.78, 5) is 12.0. The molecule has 0 aliphatic rings. The van der Waals surface area contributed by atoms with Crippen LogP contribution in [0.1, 0.15) is 32.8 Å². The minimum atomic E-state index is -1.30. The fourth-order valence-electron chi connectivity index (χ4n) is 2.27. The van der Waals surface area contributed by atoms with E-state index in [-0.39, 0.29) is 12.4 Å². The van der Waals surface area contributed by atoms with Crippen LogP contribution in [-0.2, 0) is 12.1 Å². The number of carbonyl (C=O) groups excluding carboxylic acids is 1. The van der Waals surface area contributed by atoms with Gasteiger partial charge in [0.2, 0.25) is 0 Å². The topological polar surface area (TPSA) is 79.2 Å². The van der Waals surface area contributed by atoms with Gasteiger partial charge in [0.25, 0.3) is 0 Å². The Labute approximate surface area is 147 Å². The lowest BCUT2D eigenvalue weighted by atomic mass is 9.96. The molecule has 0 radical (unpaired) electrons. The van der Waals surface area contributed by atoms with Gasteiger partial charge >= 0.3 is 6.03 Å². The van der Waals surface area contributed by atoms with Crippen molar-refractivity contribution in [2.45, 2.75) is 39.3 Å². The molecule has 1 aromatic carbocycles. The normalized spacial score (nSPS) is 13.5. The highest BCUT2D eigenvalue weighted by Gasteiger charge is 2.24. The summed E-state index contributed by atoms with van der Waals surface area (Å²) < 4.78 is 14.7. The molecule has 6 nitrogen and oxygen atoms in total. The second kappa shape index (κ2) is 8.11. The van der Waals surface area contributed by atoms with Gasteiger partial charge in [0.05, 0.1) is 6.54 Å². The lowest BCUT2D eigenvalue weighted by molar-refractivity contribution is 0.0599. The van der Waals surface area contributed by atoms with Crippen LogP contribution in [0.15, 0.2) is 36.5 Å². The van der Waals surface area contributed by atoms with Gasteiger partial charge in [0.1, 0.15) is 11.4 Å². The van der Waals surface area contributed by atoms with Gasteiger partial charge in [0.15, 0.2) is 5.82 Å². The van der Waals surface area contributed by atoms with E-state index in [0.29, 0.717) is 17.3 Å². The summed E-state index contributed by atoms with van der Waals surface area (Å²) in [6, 6.07) is 6.78. The van der Waals surface area contributed by atoms with Crippen LogP contribution in [0.4, 0.5) is 15.0 Å². The van der Waals surface area contributed by atoms with Crippen molar-refractivity contribution in [3.8, 4) is 0 Å². The molecule has 0 bridgehead atoms. The number of anilines is 1. The van der Waals surface area contributed by atoms with Crippen LogP contribution >= 0.6 is 0 Å². The van der Waals surface area contributed by atoms with E-state index in [9.17, 15) is 14.3 Å². The van der Waals surface area contributed by atoms with Crippen molar-refractivity contribution >= 4 is 11.8 Å². The van der Waals surface area contributed by atoms with Crippen LogP contribution in [0.3, 0.4) is 0 Å². The minimum absolute atomic E-state index is 0.0154. The molecule has 3 N–H and O–H groups in total. The van der Waals surface area contributed by atoms with E-state index in [2.05, 4.69) is 29.6 Å². The summed E-state index contributed by atoms with van der Waals surface area (Å²) in [5, 5.41) is 19.9. The van der Waals surface area contributed by atoms with Crippen LogP contribution in [0.2, 0.25) is 0 Å². The van der Waals surface area contributed by atoms with Crippen molar-refractivity contribution in [2.75, 3.05) is 11.9 Å². The first-order valence-electron chi connectivity index (χ1n) is 8.33. The molecule has 2 amide bonds. The standard InChI is InChI=1S/C18H25FN4O2/c1-13(2)8-10-23-11-9-16(22-23)21-17(24)20-12-18(3,25)14-4-6-15(19)7-5-14/h4-7,9,11,13,25H,8,10,12H2,1-3H3,(H2,20,21,22,24). The Morgan fingerprint density at radius 3 is 2.64 bits per heavy atom. The lowest BCUT2D eigenvalue weighted by Gasteiger charge is -2.24. The minimum Gasteiger partial charge on any atom is -0.384 e. The third-order valence-electron chi connectivity index (χ3n) is 3.88. The first-order valence-corrected chi connectivity index (χ1v) is 8.33. The summed E-state index contributed by atoms with van der Waals surface area (Å²) >= 11 is 0. The largest absolute Gasteiger partial charge is 0.384 e. The maximum atomic E-state index is 13.0. The van der Waals surface area contributed by atoms with Crippen molar-refractivity contribution in [3.63, 3.8) is 0 Å². The van der Waals surface area contributed by atoms with Gasteiger partial charge in [-0.1, -0.05) is 26.0 Å². The monoisotopic (exact) mass is 348 g/mol. The average molecular weight is 348 g/mol. The molecule has 0 aliphatic heterocycles. The van der Waals surface area contributed by atoms with Crippen LogP contribution in [0, 0.1) is 11.7 Å². The number of rotatable bonds is 7. The number of nitrogens with one attached hydrogen (secondary N) is 2. The number of benzene rings is 1. The molecule has 2 aromatic rings. The first-order chi connectivity index (χ1) is 11.8. The number of nitrogens with zero attached hydrogens (tertiary/aromatic N) is 2. The Balaban J connectivity index is 1.84. The third kappa shape index (κ3) is 5.86. The van der Waals surface area contributed by atoms with Gasteiger partial charge in [-0.25, -0.2) is 9.18 Å². The fraction of sp³-hybridized carbons (Fsp3) is 0.444. The Hall–Kier alpha value is -2.41. The zero-order valence-electron chi connectivity index (χ0n) is 14.8. The second-order valence-corrected chi connectivity index (χ2v) is 6.73. The van der Waals surface area contributed by atoms with Crippen LogP contribution in [-0.4, -0.2) is 27.5 Å². The number of aryl methyl sites for hydroxylation is 1. The average Bonchev–Trinajstić information content (AvgIpc) is 2.99. The molecule has 1 aromatic heterocycles. The van der Waals surface area contributed by atoms with Crippen molar-refractivity contribution in [2.24, 2.45) is 5.92 Å². The molecule has 1 heterocycles. The SMILES string of the molecule is CC(C)CCn1ccc(NC(=O)NCC(C)(O)c2ccc(F)cc2)n1. The van der Waals surface area contributed by atoms with Crippen molar-refractivity contribution < 1.29 is 14.3 Å². The van der Waals surface area contributed by atoms with Crippen LogP contribution in [0.25, 0.3) is 0 Å². The molecule has 2 rings (SSSR count). The van der Waals surface area contributed by atoms with Gasteiger partial charge < -0.3 is 10.4 Å². The lowest BCUT2D eigenvalue weighted by Crippen LogP contribution is -2.40. The molecule has 1 unspecified atom stereocenters.